The molecule has 0 aliphatic rings. The van der Waals surface area contributed by atoms with E-state index >= 15 is 0 Å². The van der Waals surface area contributed by atoms with Crippen molar-refractivity contribution in [1.82, 2.24) is 9.88 Å². The number of amides is 1. The molecule has 0 aliphatic heterocycles. The highest BCUT2D eigenvalue weighted by atomic mass is 16.4. The van der Waals surface area contributed by atoms with E-state index in [1.807, 2.05) is 20.8 Å². The lowest BCUT2D eigenvalue weighted by molar-refractivity contribution is -0.137. The molecule has 1 aromatic heterocycles. The number of carboxylic acids is 1. The van der Waals surface area contributed by atoms with E-state index in [-0.39, 0.29) is 30.3 Å². The molecule has 6 heteroatoms. The standard InChI is InChI=1S/C13H19N3O3/c1-13(2,3)16(8-6-10(17)18)12(19)11-9(14)5-4-7-15-11/h4-5,7H,6,8,14H2,1-3H3,(H,17,18). The summed E-state index contributed by atoms with van der Waals surface area (Å²) in [5.74, 6) is -1.30. The summed E-state index contributed by atoms with van der Waals surface area (Å²) in [5.41, 5.74) is 5.67. The minimum atomic E-state index is -0.948. The lowest BCUT2D eigenvalue weighted by atomic mass is 10.0. The minimum Gasteiger partial charge on any atom is -0.481 e. The summed E-state index contributed by atoms with van der Waals surface area (Å²) in [6.07, 6.45) is 1.37. The van der Waals surface area contributed by atoms with Gasteiger partial charge in [0.25, 0.3) is 5.91 Å². The number of nitrogens with two attached hydrogens (primary N) is 1. The van der Waals surface area contributed by atoms with Crippen LogP contribution in [0.4, 0.5) is 5.69 Å². The molecule has 0 spiro atoms. The first kappa shape index (κ1) is 14.9. The molecule has 0 aliphatic carbocycles. The number of aromatic nitrogens is 1. The lowest BCUT2D eigenvalue weighted by Gasteiger charge is -2.35. The monoisotopic (exact) mass is 265 g/mol. The molecule has 19 heavy (non-hydrogen) atoms. The highest BCUT2D eigenvalue weighted by Gasteiger charge is 2.29. The topological polar surface area (TPSA) is 96.5 Å². The van der Waals surface area contributed by atoms with Crippen LogP contribution in [-0.4, -0.2) is 39.0 Å². The van der Waals surface area contributed by atoms with Gasteiger partial charge in [-0.3, -0.25) is 9.59 Å². The molecule has 104 valence electrons. The largest absolute Gasteiger partial charge is 0.481 e. The maximum Gasteiger partial charge on any atom is 0.305 e. The molecule has 0 unspecified atom stereocenters. The zero-order valence-corrected chi connectivity index (χ0v) is 11.4. The number of hydrogen-bond acceptors (Lipinski definition) is 4. The number of nitrogen functional groups attached to an aromatic ring is 1. The van der Waals surface area contributed by atoms with Gasteiger partial charge in [0.05, 0.1) is 12.1 Å². The van der Waals surface area contributed by atoms with Crippen LogP contribution in [0.2, 0.25) is 0 Å². The first-order valence-corrected chi connectivity index (χ1v) is 5.97. The second-order valence-corrected chi connectivity index (χ2v) is 5.21. The number of hydrogen-bond donors (Lipinski definition) is 2. The highest BCUT2D eigenvalue weighted by molar-refractivity contribution is 5.97. The molecule has 0 radical (unpaired) electrons. The fourth-order valence-electron chi connectivity index (χ4n) is 1.67. The Morgan fingerprint density at radius 2 is 2.05 bits per heavy atom. The quantitative estimate of drug-likeness (QED) is 0.857. The molecule has 0 bridgehead atoms. The second kappa shape index (κ2) is 5.69. The van der Waals surface area contributed by atoms with Crippen molar-refractivity contribution in [1.29, 1.82) is 0 Å². The first-order valence-electron chi connectivity index (χ1n) is 5.97. The van der Waals surface area contributed by atoms with Crippen molar-refractivity contribution in [3.63, 3.8) is 0 Å². The molecular weight excluding hydrogens is 246 g/mol. The number of nitrogens with zero attached hydrogens (tertiary/aromatic N) is 2. The van der Waals surface area contributed by atoms with E-state index in [1.165, 1.54) is 11.1 Å². The summed E-state index contributed by atoms with van der Waals surface area (Å²) < 4.78 is 0. The Labute approximate surface area is 112 Å². The Bertz CT molecular complexity index is 480. The van der Waals surface area contributed by atoms with E-state index in [1.54, 1.807) is 12.1 Å². The normalized spacial score (nSPS) is 11.1. The Morgan fingerprint density at radius 3 is 2.53 bits per heavy atom. The molecule has 3 N–H and O–H groups in total. The van der Waals surface area contributed by atoms with E-state index in [9.17, 15) is 9.59 Å². The van der Waals surface area contributed by atoms with Crippen molar-refractivity contribution in [2.24, 2.45) is 0 Å². The van der Waals surface area contributed by atoms with Gasteiger partial charge in [0, 0.05) is 18.3 Å². The third-order valence-corrected chi connectivity index (χ3v) is 2.65. The van der Waals surface area contributed by atoms with Crippen molar-refractivity contribution in [2.75, 3.05) is 12.3 Å². The van der Waals surface area contributed by atoms with Gasteiger partial charge in [-0.2, -0.15) is 0 Å². The molecule has 0 saturated carbocycles. The first-order chi connectivity index (χ1) is 8.73. The molecule has 0 atom stereocenters. The van der Waals surface area contributed by atoms with Crippen molar-refractivity contribution < 1.29 is 14.7 Å². The summed E-state index contributed by atoms with van der Waals surface area (Å²) in [6.45, 7) is 5.64. The van der Waals surface area contributed by atoms with Crippen LogP contribution in [0.15, 0.2) is 18.3 Å². The maximum absolute atomic E-state index is 12.4. The van der Waals surface area contributed by atoms with E-state index in [4.69, 9.17) is 10.8 Å². The molecule has 0 aromatic carbocycles. The molecule has 0 saturated heterocycles. The average molecular weight is 265 g/mol. The Morgan fingerprint density at radius 1 is 1.42 bits per heavy atom. The summed E-state index contributed by atoms with van der Waals surface area (Å²) in [6, 6.07) is 3.24. The fraction of sp³-hybridized carbons (Fsp3) is 0.462. The van der Waals surface area contributed by atoms with Gasteiger partial charge in [0.2, 0.25) is 0 Å². The minimum absolute atomic E-state index is 0.115. The van der Waals surface area contributed by atoms with Crippen LogP contribution in [0.1, 0.15) is 37.7 Å². The van der Waals surface area contributed by atoms with Gasteiger partial charge < -0.3 is 15.7 Å². The molecule has 1 aromatic rings. The second-order valence-electron chi connectivity index (χ2n) is 5.21. The number of anilines is 1. The van der Waals surface area contributed by atoms with Crippen molar-refractivity contribution >= 4 is 17.6 Å². The predicted octanol–water partition coefficient (Wildman–Crippen LogP) is 1.38. The third-order valence-electron chi connectivity index (χ3n) is 2.65. The van der Waals surface area contributed by atoms with Gasteiger partial charge in [-0.05, 0) is 32.9 Å². The number of carboxylic acid groups (broad SMARTS) is 1. The summed E-state index contributed by atoms with van der Waals surface area (Å²) in [4.78, 5) is 28.5. The highest BCUT2D eigenvalue weighted by Crippen LogP contribution is 2.19. The van der Waals surface area contributed by atoms with Crippen LogP contribution < -0.4 is 5.73 Å². The van der Waals surface area contributed by atoms with Crippen molar-refractivity contribution in [3.8, 4) is 0 Å². The SMILES string of the molecule is CC(C)(C)N(CCC(=O)O)C(=O)c1ncccc1N. The molecule has 1 heterocycles. The molecular formula is C13H19N3O3. The number of carbonyl (C=O) groups excluding carboxylic acids is 1. The molecule has 1 rings (SSSR count). The average Bonchev–Trinajstić information content (AvgIpc) is 2.27. The van der Waals surface area contributed by atoms with Crippen LogP contribution in [0.5, 0.6) is 0 Å². The predicted molar refractivity (Wildman–Crippen MR) is 71.7 cm³/mol. The van der Waals surface area contributed by atoms with E-state index in [0.29, 0.717) is 0 Å². The number of carbonyl (C=O) groups is 2. The Kier molecular flexibility index (Phi) is 4.47. The van der Waals surface area contributed by atoms with Gasteiger partial charge in [-0.1, -0.05) is 0 Å². The van der Waals surface area contributed by atoms with Crippen LogP contribution >= 0.6 is 0 Å². The van der Waals surface area contributed by atoms with Crippen molar-refractivity contribution in [2.45, 2.75) is 32.7 Å². The summed E-state index contributed by atoms with van der Waals surface area (Å²) in [5, 5.41) is 8.76. The van der Waals surface area contributed by atoms with Gasteiger partial charge >= 0.3 is 5.97 Å². The van der Waals surface area contributed by atoms with Gasteiger partial charge in [0.1, 0.15) is 0 Å². The summed E-state index contributed by atoms with van der Waals surface area (Å²) in [7, 11) is 0. The van der Waals surface area contributed by atoms with Crippen molar-refractivity contribution in [3.05, 3.63) is 24.0 Å². The van der Waals surface area contributed by atoms with Gasteiger partial charge in [0.15, 0.2) is 5.69 Å². The lowest BCUT2D eigenvalue weighted by Crippen LogP contribution is -2.47. The van der Waals surface area contributed by atoms with E-state index in [2.05, 4.69) is 4.98 Å². The van der Waals surface area contributed by atoms with Gasteiger partial charge in [-0.25, -0.2) is 4.98 Å². The number of aliphatic carboxylic acids is 1. The van der Waals surface area contributed by atoms with Crippen LogP contribution in [-0.2, 0) is 4.79 Å². The fourth-order valence-corrected chi connectivity index (χ4v) is 1.67. The van der Waals surface area contributed by atoms with Crippen LogP contribution in [0.3, 0.4) is 0 Å². The smallest absolute Gasteiger partial charge is 0.305 e. The zero-order valence-electron chi connectivity index (χ0n) is 11.4. The van der Waals surface area contributed by atoms with E-state index in [0.717, 1.165) is 0 Å². The Hall–Kier alpha value is -2.11. The Balaban J connectivity index is 3.02. The molecule has 0 fully saturated rings. The maximum atomic E-state index is 12.4. The van der Waals surface area contributed by atoms with Crippen LogP contribution in [0, 0.1) is 0 Å². The number of rotatable bonds is 4. The van der Waals surface area contributed by atoms with Gasteiger partial charge in [-0.15, -0.1) is 0 Å². The van der Waals surface area contributed by atoms with E-state index < -0.39 is 11.5 Å². The third kappa shape index (κ3) is 3.94. The number of pyridine rings is 1. The summed E-state index contributed by atoms with van der Waals surface area (Å²) >= 11 is 0. The zero-order chi connectivity index (χ0) is 14.6. The molecule has 6 nitrogen and oxygen atoms in total. The van der Waals surface area contributed by atoms with Crippen LogP contribution in [0.25, 0.3) is 0 Å². The molecule has 1 amide bonds.